The van der Waals surface area contributed by atoms with E-state index in [1.807, 2.05) is 42.5 Å². The Morgan fingerprint density at radius 1 is 0.917 bits per heavy atom. The smallest absolute Gasteiger partial charge is 0.315 e. The van der Waals surface area contributed by atoms with Crippen LogP contribution in [0.15, 0.2) is 54.6 Å². The molecule has 0 saturated carbocycles. The summed E-state index contributed by atoms with van der Waals surface area (Å²) in [5.74, 6) is 0. The van der Waals surface area contributed by atoms with Crippen molar-refractivity contribution in [3.05, 3.63) is 65.7 Å². The SMILES string of the molecule is COCCNc1ccc(CNC(=O)NCCc2ccccc2)cc1. The van der Waals surface area contributed by atoms with E-state index in [-0.39, 0.29) is 6.03 Å². The summed E-state index contributed by atoms with van der Waals surface area (Å²) >= 11 is 0. The Morgan fingerprint density at radius 2 is 1.67 bits per heavy atom. The third kappa shape index (κ3) is 6.71. The number of hydrogen-bond donors (Lipinski definition) is 3. The van der Waals surface area contributed by atoms with Gasteiger partial charge in [0.2, 0.25) is 0 Å². The normalized spacial score (nSPS) is 10.2. The molecule has 0 aliphatic carbocycles. The number of urea groups is 1. The molecule has 0 heterocycles. The number of methoxy groups -OCH3 is 1. The molecular formula is C19H25N3O2. The first-order valence-electron chi connectivity index (χ1n) is 8.15. The summed E-state index contributed by atoms with van der Waals surface area (Å²) in [7, 11) is 1.68. The molecule has 0 spiro atoms. The predicted octanol–water partition coefficient (Wildman–Crippen LogP) is 2.79. The molecule has 5 heteroatoms. The van der Waals surface area contributed by atoms with Gasteiger partial charge in [-0.3, -0.25) is 0 Å². The van der Waals surface area contributed by atoms with Crippen molar-refractivity contribution in [1.29, 1.82) is 0 Å². The number of hydrogen-bond acceptors (Lipinski definition) is 3. The number of carbonyl (C=O) groups excluding carboxylic acids is 1. The molecular weight excluding hydrogens is 302 g/mol. The van der Waals surface area contributed by atoms with Gasteiger partial charge in [0.15, 0.2) is 0 Å². The third-order valence-electron chi connectivity index (χ3n) is 3.58. The number of carbonyl (C=O) groups is 1. The molecule has 2 aromatic rings. The lowest BCUT2D eigenvalue weighted by Gasteiger charge is -2.09. The van der Waals surface area contributed by atoms with Crippen molar-refractivity contribution in [1.82, 2.24) is 10.6 Å². The fourth-order valence-corrected chi connectivity index (χ4v) is 2.25. The van der Waals surface area contributed by atoms with Crippen LogP contribution in [0, 0.1) is 0 Å². The van der Waals surface area contributed by atoms with Crippen LogP contribution >= 0.6 is 0 Å². The highest BCUT2D eigenvalue weighted by atomic mass is 16.5. The summed E-state index contributed by atoms with van der Waals surface area (Å²) in [4.78, 5) is 11.8. The minimum Gasteiger partial charge on any atom is -0.383 e. The fraction of sp³-hybridized carbons (Fsp3) is 0.316. The zero-order valence-electron chi connectivity index (χ0n) is 14.0. The van der Waals surface area contributed by atoms with Crippen LogP contribution in [0.1, 0.15) is 11.1 Å². The summed E-state index contributed by atoms with van der Waals surface area (Å²) < 4.78 is 5.00. The zero-order chi connectivity index (χ0) is 17.0. The molecule has 2 rings (SSSR count). The molecule has 0 aromatic heterocycles. The Hall–Kier alpha value is -2.53. The number of nitrogens with one attached hydrogen (secondary N) is 3. The van der Waals surface area contributed by atoms with Crippen LogP contribution in [0.25, 0.3) is 0 Å². The molecule has 0 bridgehead atoms. The average molecular weight is 327 g/mol. The molecule has 0 saturated heterocycles. The van der Waals surface area contributed by atoms with Crippen LogP contribution in [0.5, 0.6) is 0 Å². The molecule has 128 valence electrons. The average Bonchev–Trinajstić information content (AvgIpc) is 2.62. The Labute approximate surface area is 143 Å². The summed E-state index contributed by atoms with van der Waals surface area (Å²) in [6.07, 6.45) is 0.829. The quantitative estimate of drug-likeness (QED) is 0.621. The summed E-state index contributed by atoms with van der Waals surface area (Å²) in [5, 5.41) is 8.99. The summed E-state index contributed by atoms with van der Waals surface area (Å²) in [6.45, 7) is 2.58. The maximum absolute atomic E-state index is 11.8. The van der Waals surface area contributed by atoms with Gasteiger partial charge in [0.1, 0.15) is 0 Å². The molecule has 0 aliphatic rings. The molecule has 3 N–H and O–H groups in total. The number of rotatable bonds is 9. The van der Waals surface area contributed by atoms with E-state index in [2.05, 4.69) is 28.1 Å². The highest BCUT2D eigenvalue weighted by Gasteiger charge is 2.01. The highest BCUT2D eigenvalue weighted by molar-refractivity contribution is 5.73. The van der Waals surface area contributed by atoms with Crippen molar-refractivity contribution in [2.75, 3.05) is 32.1 Å². The molecule has 0 aliphatic heterocycles. The Bertz CT molecular complexity index is 600. The number of anilines is 1. The summed E-state index contributed by atoms with van der Waals surface area (Å²) in [5.41, 5.74) is 3.32. The van der Waals surface area contributed by atoms with Crippen LogP contribution in [0.2, 0.25) is 0 Å². The first kappa shape index (κ1) is 17.8. The number of benzene rings is 2. The van der Waals surface area contributed by atoms with Crippen molar-refractivity contribution < 1.29 is 9.53 Å². The lowest BCUT2D eigenvalue weighted by Crippen LogP contribution is -2.36. The Balaban J connectivity index is 1.64. The van der Waals surface area contributed by atoms with E-state index in [1.165, 1.54) is 5.56 Å². The van der Waals surface area contributed by atoms with Gasteiger partial charge in [-0.05, 0) is 29.7 Å². The first-order valence-corrected chi connectivity index (χ1v) is 8.15. The van der Waals surface area contributed by atoms with Crippen LogP contribution in [0.4, 0.5) is 10.5 Å². The van der Waals surface area contributed by atoms with E-state index in [0.29, 0.717) is 19.7 Å². The molecule has 0 fully saturated rings. The van der Waals surface area contributed by atoms with Gasteiger partial charge >= 0.3 is 6.03 Å². The van der Waals surface area contributed by atoms with Crippen molar-refractivity contribution in [2.45, 2.75) is 13.0 Å². The van der Waals surface area contributed by atoms with Gasteiger partial charge in [-0.25, -0.2) is 4.79 Å². The van der Waals surface area contributed by atoms with Crippen molar-refractivity contribution >= 4 is 11.7 Å². The molecule has 24 heavy (non-hydrogen) atoms. The van der Waals surface area contributed by atoms with E-state index in [4.69, 9.17) is 4.74 Å². The molecule has 0 atom stereocenters. The van der Waals surface area contributed by atoms with Crippen LogP contribution in [0.3, 0.4) is 0 Å². The van der Waals surface area contributed by atoms with Crippen molar-refractivity contribution in [2.24, 2.45) is 0 Å². The Morgan fingerprint density at radius 3 is 2.38 bits per heavy atom. The van der Waals surface area contributed by atoms with Gasteiger partial charge in [-0.15, -0.1) is 0 Å². The van der Waals surface area contributed by atoms with E-state index >= 15 is 0 Å². The van der Waals surface area contributed by atoms with Gasteiger partial charge in [-0.1, -0.05) is 42.5 Å². The third-order valence-corrected chi connectivity index (χ3v) is 3.58. The second-order valence-corrected chi connectivity index (χ2v) is 5.46. The van der Waals surface area contributed by atoms with Gasteiger partial charge in [0, 0.05) is 32.4 Å². The maximum atomic E-state index is 11.8. The number of amides is 2. The molecule has 5 nitrogen and oxygen atoms in total. The lowest BCUT2D eigenvalue weighted by atomic mass is 10.1. The lowest BCUT2D eigenvalue weighted by molar-refractivity contribution is 0.211. The fourth-order valence-electron chi connectivity index (χ4n) is 2.25. The zero-order valence-corrected chi connectivity index (χ0v) is 14.0. The van der Waals surface area contributed by atoms with Crippen molar-refractivity contribution in [3.8, 4) is 0 Å². The minimum absolute atomic E-state index is 0.145. The van der Waals surface area contributed by atoms with E-state index in [9.17, 15) is 4.79 Å². The Kier molecular flexibility index (Phi) is 7.63. The first-order chi connectivity index (χ1) is 11.8. The maximum Gasteiger partial charge on any atom is 0.315 e. The molecule has 2 aromatic carbocycles. The van der Waals surface area contributed by atoms with Crippen LogP contribution in [-0.4, -0.2) is 32.8 Å². The van der Waals surface area contributed by atoms with Gasteiger partial charge in [0.25, 0.3) is 0 Å². The molecule has 0 radical (unpaired) electrons. The van der Waals surface area contributed by atoms with Crippen molar-refractivity contribution in [3.63, 3.8) is 0 Å². The monoisotopic (exact) mass is 327 g/mol. The minimum atomic E-state index is -0.145. The van der Waals surface area contributed by atoms with E-state index in [0.717, 1.165) is 24.2 Å². The second-order valence-electron chi connectivity index (χ2n) is 5.46. The number of ether oxygens (including phenoxy) is 1. The molecule has 0 unspecified atom stereocenters. The van der Waals surface area contributed by atoms with Crippen LogP contribution in [-0.2, 0) is 17.7 Å². The second kappa shape index (κ2) is 10.3. The largest absolute Gasteiger partial charge is 0.383 e. The van der Waals surface area contributed by atoms with Gasteiger partial charge in [0.05, 0.1) is 6.61 Å². The molecule has 2 amide bonds. The highest BCUT2D eigenvalue weighted by Crippen LogP contribution is 2.09. The van der Waals surface area contributed by atoms with Crippen LogP contribution < -0.4 is 16.0 Å². The van der Waals surface area contributed by atoms with Gasteiger partial charge < -0.3 is 20.7 Å². The van der Waals surface area contributed by atoms with E-state index < -0.39 is 0 Å². The topological polar surface area (TPSA) is 62.4 Å². The van der Waals surface area contributed by atoms with Gasteiger partial charge in [-0.2, -0.15) is 0 Å². The standard InChI is InChI=1S/C19H25N3O2/c1-24-14-13-20-18-9-7-17(8-10-18)15-22-19(23)21-12-11-16-5-3-2-4-6-16/h2-10,20H,11-15H2,1H3,(H2,21,22,23). The summed E-state index contributed by atoms with van der Waals surface area (Å²) in [6, 6.07) is 18.0. The van der Waals surface area contributed by atoms with E-state index in [1.54, 1.807) is 7.11 Å². The predicted molar refractivity (Wildman–Crippen MR) is 97.2 cm³/mol.